The maximum atomic E-state index is 14.1. The summed E-state index contributed by atoms with van der Waals surface area (Å²) in [5.74, 6) is 0.692. The normalized spacial score (nSPS) is 26.1. The summed E-state index contributed by atoms with van der Waals surface area (Å²) in [6.45, 7) is 3.58. The van der Waals surface area contributed by atoms with E-state index >= 15 is 0 Å². The highest BCUT2D eigenvalue weighted by atomic mass is 32.1. The van der Waals surface area contributed by atoms with Crippen LogP contribution in [0.2, 0.25) is 0 Å². The Balaban J connectivity index is 0.950. The summed E-state index contributed by atoms with van der Waals surface area (Å²) in [5.41, 5.74) is 2.65. The van der Waals surface area contributed by atoms with Gasteiger partial charge in [-0.3, -0.25) is 14.7 Å². The molecule has 0 spiro atoms. The van der Waals surface area contributed by atoms with E-state index in [-0.39, 0.29) is 18.6 Å². The highest BCUT2D eigenvalue weighted by Gasteiger charge is 2.30. The Kier molecular flexibility index (Phi) is 7.85. The molecule has 3 aromatic rings. The predicted molar refractivity (Wildman–Crippen MR) is 145 cm³/mol. The van der Waals surface area contributed by atoms with Crippen LogP contribution in [0.3, 0.4) is 0 Å². The summed E-state index contributed by atoms with van der Waals surface area (Å²) >= 11 is 1.58. The number of aromatic nitrogens is 2. The number of amides is 1. The molecular weight excluding hydrogens is 503 g/mol. The lowest BCUT2D eigenvalue weighted by Gasteiger charge is -2.32. The second-order valence-corrected chi connectivity index (χ2v) is 11.8. The van der Waals surface area contributed by atoms with Crippen LogP contribution < -0.4 is 10.1 Å². The quantitative estimate of drug-likeness (QED) is 0.460. The van der Waals surface area contributed by atoms with Gasteiger partial charge in [0.25, 0.3) is 11.1 Å². The van der Waals surface area contributed by atoms with E-state index < -0.39 is 12.3 Å². The molecule has 2 atom stereocenters. The van der Waals surface area contributed by atoms with Crippen LogP contribution in [0.25, 0.3) is 10.9 Å². The largest absolute Gasteiger partial charge is 0.463 e. The highest BCUT2D eigenvalue weighted by molar-refractivity contribution is 7.13. The predicted octanol–water partition coefficient (Wildman–Crippen LogP) is 4.93. The molecule has 9 heteroatoms. The second kappa shape index (κ2) is 11.6. The number of alkyl halides is 1. The highest BCUT2D eigenvalue weighted by Crippen LogP contribution is 2.33. The van der Waals surface area contributed by atoms with Crippen LogP contribution in [0.15, 0.2) is 36.5 Å². The van der Waals surface area contributed by atoms with Gasteiger partial charge in [-0.2, -0.15) is 0 Å². The third-order valence-corrected chi connectivity index (χ3v) is 9.24. The Hall–Kier alpha value is -2.62. The van der Waals surface area contributed by atoms with E-state index in [0.717, 1.165) is 68.3 Å². The summed E-state index contributed by atoms with van der Waals surface area (Å²) in [4.78, 5) is 25.8. The topological polar surface area (TPSA) is 76.6 Å². The number of nitrogens with one attached hydrogen (secondary N) is 1. The third-order valence-electron chi connectivity index (χ3n) is 8.19. The summed E-state index contributed by atoms with van der Waals surface area (Å²) in [7, 11) is 0. The van der Waals surface area contributed by atoms with Crippen molar-refractivity contribution in [2.75, 3.05) is 26.3 Å². The lowest BCUT2D eigenvalue weighted by Crippen LogP contribution is -2.38. The Morgan fingerprint density at radius 3 is 2.95 bits per heavy atom. The number of carbonyl (C=O) groups excluding carboxylic acids is 1. The summed E-state index contributed by atoms with van der Waals surface area (Å²) in [5, 5.41) is 4.78. The van der Waals surface area contributed by atoms with Crippen LogP contribution in [0.1, 0.15) is 59.5 Å². The Bertz CT molecular complexity index is 1260. The zero-order chi connectivity index (χ0) is 25.9. The van der Waals surface area contributed by atoms with Crippen molar-refractivity contribution in [3.8, 4) is 5.19 Å². The average Bonchev–Trinajstić information content (AvgIpc) is 3.35. The zero-order valence-corrected chi connectivity index (χ0v) is 22.4. The molecule has 1 N–H and O–H groups in total. The number of ether oxygens (including phenoxy) is 2. The molecule has 0 bridgehead atoms. The van der Waals surface area contributed by atoms with Crippen molar-refractivity contribution in [1.29, 1.82) is 0 Å². The Morgan fingerprint density at radius 2 is 2.08 bits per heavy atom. The molecule has 1 saturated heterocycles. The van der Waals surface area contributed by atoms with Gasteiger partial charge in [0.2, 0.25) is 0 Å². The van der Waals surface area contributed by atoms with E-state index in [9.17, 15) is 9.18 Å². The van der Waals surface area contributed by atoms with E-state index in [4.69, 9.17) is 14.5 Å². The first-order chi connectivity index (χ1) is 18.6. The van der Waals surface area contributed by atoms with Crippen LogP contribution in [0, 0.1) is 5.92 Å². The monoisotopic (exact) mass is 538 g/mol. The first-order valence-corrected chi connectivity index (χ1v) is 14.7. The van der Waals surface area contributed by atoms with E-state index in [1.165, 1.54) is 11.3 Å². The van der Waals surface area contributed by atoms with E-state index in [1.807, 2.05) is 30.3 Å². The number of hydrogen-bond donors (Lipinski definition) is 1. The van der Waals surface area contributed by atoms with Gasteiger partial charge in [-0.05, 0) is 69.2 Å². The number of halogens is 1. The van der Waals surface area contributed by atoms with Gasteiger partial charge < -0.3 is 14.8 Å². The fourth-order valence-corrected chi connectivity index (χ4v) is 6.90. The van der Waals surface area contributed by atoms with Crippen molar-refractivity contribution in [3.05, 3.63) is 52.7 Å². The molecule has 2 aliphatic heterocycles. The van der Waals surface area contributed by atoms with Crippen LogP contribution in [-0.4, -0.2) is 65.4 Å². The summed E-state index contributed by atoms with van der Waals surface area (Å²) < 4.78 is 25.1. The van der Waals surface area contributed by atoms with Crippen LogP contribution in [0.4, 0.5) is 4.39 Å². The van der Waals surface area contributed by atoms with Gasteiger partial charge in [0.1, 0.15) is 6.10 Å². The van der Waals surface area contributed by atoms with E-state index in [2.05, 4.69) is 15.2 Å². The minimum Gasteiger partial charge on any atom is -0.463 e. The van der Waals surface area contributed by atoms with Gasteiger partial charge in [0.15, 0.2) is 6.17 Å². The van der Waals surface area contributed by atoms with Crippen molar-refractivity contribution in [2.45, 2.75) is 69.8 Å². The molecule has 1 aliphatic carbocycles. The van der Waals surface area contributed by atoms with Crippen molar-refractivity contribution < 1.29 is 18.7 Å². The van der Waals surface area contributed by atoms with Gasteiger partial charge in [0.05, 0.1) is 24.4 Å². The number of nitrogens with zero attached hydrogens (tertiary/aromatic N) is 3. The van der Waals surface area contributed by atoms with Crippen molar-refractivity contribution in [2.24, 2.45) is 5.92 Å². The van der Waals surface area contributed by atoms with Gasteiger partial charge in [0, 0.05) is 47.6 Å². The minimum atomic E-state index is -1.08. The van der Waals surface area contributed by atoms with Gasteiger partial charge in [-0.15, -0.1) is 0 Å². The summed E-state index contributed by atoms with van der Waals surface area (Å²) in [6.07, 6.45) is 7.29. The second-order valence-electron chi connectivity index (χ2n) is 10.8. The lowest BCUT2D eigenvalue weighted by atomic mass is 9.84. The molecule has 0 radical (unpaired) electrons. The molecule has 1 amide bonds. The molecule has 4 heterocycles. The summed E-state index contributed by atoms with van der Waals surface area (Å²) in [6, 6.07) is 9.79. The number of rotatable bonds is 7. The molecule has 3 aliphatic rings. The van der Waals surface area contributed by atoms with Gasteiger partial charge >= 0.3 is 0 Å². The van der Waals surface area contributed by atoms with Crippen LogP contribution in [-0.2, 0) is 17.7 Å². The number of benzene rings is 1. The fraction of sp³-hybridized carbons (Fsp3) is 0.552. The molecular formula is C29H35FN4O3S. The van der Waals surface area contributed by atoms with Gasteiger partial charge in [-0.1, -0.05) is 23.5 Å². The Labute approximate surface area is 226 Å². The molecule has 7 nitrogen and oxygen atoms in total. The minimum absolute atomic E-state index is 0.00152. The lowest BCUT2D eigenvalue weighted by molar-refractivity contribution is -0.0383. The molecule has 6 rings (SSSR count). The Morgan fingerprint density at radius 1 is 1.18 bits per heavy atom. The van der Waals surface area contributed by atoms with E-state index in [1.54, 1.807) is 17.5 Å². The van der Waals surface area contributed by atoms with Crippen LogP contribution >= 0.6 is 11.3 Å². The maximum absolute atomic E-state index is 14.1. The smallest absolute Gasteiger partial charge is 0.274 e. The van der Waals surface area contributed by atoms with Crippen molar-refractivity contribution in [3.63, 3.8) is 0 Å². The number of pyridine rings is 1. The first-order valence-electron chi connectivity index (χ1n) is 13.9. The molecule has 38 heavy (non-hydrogen) atoms. The zero-order valence-electron chi connectivity index (χ0n) is 21.6. The van der Waals surface area contributed by atoms with Crippen LogP contribution in [0.5, 0.6) is 5.19 Å². The van der Waals surface area contributed by atoms with Gasteiger partial charge in [-0.25, -0.2) is 9.37 Å². The molecule has 202 valence electrons. The first kappa shape index (κ1) is 25.6. The van der Waals surface area contributed by atoms with E-state index in [0.29, 0.717) is 29.7 Å². The number of thiazole rings is 1. The third kappa shape index (κ3) is 5.84. The van der Waals surface area contributed by atoms with Crippen molar-refractivity contribution >= 4 is 28.1 Å². The molecule has 2 fully saturated rings. The molecule has 2 aromatic heterocycles. The molecule has 2 unspecified atom stereocenters. The average molecular weight is 539 g/mol. The fourth-order valence-electron chi connectivity index (χ4n) is 5.94. The number of fused-ring (bicyclic) bond motifs is 2. The molecule has 1 saturated carbocycles. The van der Waals surface area contributed by atoms with Crippen molar-refractivity contribution in [1.82, 2.24) is 20.2 Å². The standard InChI is InChI=1S/C29H35FN4O3S/c30-23-18-36-16-12-26(23)37-29-33-25-17-34(15-11-27(25)38-29)14-10-19-6-8-20(9-7-19)32-28(35)22-3-1-5-24-21(22)4-2-13-31-24/h1-5,13,19-20,23,26H,6-12,14-18H2,(H,32,35)/t19-,20-,23?,26?. The SMILES string of the molecule is O=C(N[C@H]1CC[C@H](CCN2CCc3sc(OC4CCOCC4F)nc3C2)CC1)c1cccc2ncccc12. The number of hydrogen-bond acceptors (Lipinski definition) is 7. The maximum Gasteiger partial charge on any atom is 0.274 e. The number of carbonyl (C=O) groups is 1. The molecule has 1 aromatic carbocycles.